The first-order valence-corrected chi connectivity index (χ1v) is 4.89. The number of nitrogens with two attached hydrogens (primary N) is 1. The highest BCUT2D eigenvalue weighted by atomic mass is 19.1. The highest BCUT2D eigenvalue weighted by Crippen LogP contribution is 2.29. The molecule has 0 fully saturated rings. The second-order valence-electron chi connectivity index (χ2n) is 3.88. The quantitative estimate of drug-likeness (QED) is 0.725. The summed E-state index contributed by atoms with van der Waals surface area (Å²) in [7, 11) is 0. The van der Waals surface area contributed by atoms with Crippen LogP contribution in [0.3, 0.4) is 0 Å². The van der Waals surface area contributed by atoms with Gasteiger partial charge in [-0.3, -0.25) is 0 Å². The zero-order valence-corrected chi connectivity index (χ0v) is 8.26. The molecule has 0 aliphatic heterocycles. The summed E-state index contributed by atoms with van der Waals surface area (Å²) < 4.78 is 13.5. The van der Waals surface area contributed by atoms with Gasteiger partial charge >= 0.3 is 0 Å². The average Bonchev–Trinajstić information content (AvgIpc) is 2.56. The largest absolute Gasteiger partial charge is 0.324 e. The van der Waals surface area contributed by atoms with E-state index in [0.717, 1.165) is 29.5 Å². The van der Waals surface area contributed by atoms with Gasteiger partial charge in [-0.15, -0.1) is 0 Å². The van der Waals surface area contributed by atoms with E-state index in [9.17, 15) is 4.39 Å². The van der Waals surface area contributed by atoms with Crippen LogP contribution in [0.5, 0.6) is 0 Å². The molecule has 1 unspecified atom stereocenters. The lowest BCUT2D eigenvalue weighted by Gasteiger charge is -2.04. The van der Waals surface area contributed by atoms with Crippen LogP contribution in [-0.4, -0.2) is 6.04 Å². The third-order valence-corrected chi connectivity index (χ3v) is 2.63. The summed E-state index contributed by atoms with van der Waals surface area (Å²) in [6.45, 7) is 1.97. The zero-order chi connectivity index (χ0) is 10.1. The number of hydrogen-bond acceptors (Lipinski definition) is 1. The molecule has 14 heavy (non-hydrogen) atoms. The number of benzene rings is 1. The highest BCUT2D eigenvalue weighted by Gasteiger charge is 2.15. The van der Waals surface area contributed by atoms with Crippen molar-refractivity contribution in [2.24, 2.45) is 5.73 Å². The lowest BCUT2D eigenvalue weighted by atomic mass is 10.0. The molecular weight excluding hydrogens is 177 g/mol. The minimum atomic E-state index is -0.143. The van der Waals surface area contributed by atoms with Crippen LogP contribution in [0.25, 0.3) is 5.57 Å². The van der Waals surface area contributed by atoms with Crippen molar-refractivity contribution in [2.75, 3.05) is 0 Å². The molecule has 0 spiro atoms. The van der Waals surface area contributed by atoms with Crippen molar-refractivity contribution in [3.63, 3.8) is 0 Å². The molecule has 2 heteroatoms. The van der Waals surface area contributed by atoms with Crippen molar-refractivity contribution in [1.82, 2.24) is 0 Å². The van der Waals surface area contributed by atoms with Crippen molar-refractivity contribution in [3.8, 4) is 0 Å². The van der Waals surface area contributed by atoms with Crippen molar-refractivity contribution < 1.29 is 4.39 Å². The first kappa shape index (κ1) is 9.41. The first-order valence-electron chi connectivity index (χ1n) is 4.89. The molecule has 1 aliphatic carbocycles. The molecule has 0 aromatic heterocycles. The van der Waals surface area contributed by atoms with Crippen LogP contribution >= 0.6 is 0 Å². The second kappa shape index (κ2) is 3.54. The topological polar surface area (TPSA) is 26.0 Å². The Hall–Kier alpha value is -1.15. The number of aryl methyl sites for hydroxylation is 1. The molecule has 1 aromatic rings. The Balaban J connectivity index is 2.41. The van der Waals surface area contributed by atoms with Gasteiger partial charge in [-0.25, -0.2) is 4.39 Å². The van der Waals surface area contributed by atoms with E-state index in [2.05, 4.69) is 0 Å². The molecule has 0 bridgehead atoms. The third kappa shape index (κ3) is 1.70. The van der Waals surface area contributed by atoms with Crippen LogP contribution in [0.2, 0.25) is 0 Å². The molecule has 0 radical (unpaired) electrons. The number of allylic oxidation sites excluding steroid dienone is 1. The van der Waals surface area contributed by atoms with Gasteiger partial charge in [0.05, 0.1) is 0 Å². The fourth-order valence-corrected chi connectivity index (χ4v) is 1.86. The van der Waals surface area contributed by atoms with Crippen molar-refractivity contribution in [1.29, 1.82) is 0 Å². The minimum Gasteiger partial charge on any atom is -0.324 e. The molecule has 0 heterocycles. The molecule has 0 saturated heterocycles. The molecule has 1 nitrogen and oxygen atoms in total. The van der Waals surface area contributed by atoms with E-state index in [1.807, 2.05) is 19.1 Å². The smallest absolute Gasteiger partial charge is 0.130 e. The van der Waals surface area contributed by atoms with Gasteiger partial charge in [0.25, 0.3) is 0 Å². The fourth-order valence-electron chi connectivity index (χ4n) is 1.86. The Labute approximate surface area is 83.4 Å². The van der Waals surface area contributed by atoms with Gasteiger partial charge in [0.1, 0.15) is 5.82 Å². The van der Waals surface area contributed by atoms with E-state index in [4.69, 9.17) is 5.73 Å². The number of hydrogen-bond donors (Lipinski definition) is 1. The Morgan fingerprint density at radius 3 is 2.86 bits per heavy atom. The van der Waals surface area contributed by atoms with Crippen LogP contribution in [-0.2, 0) is 0 Å². The van der Waals surface area contributed by atoms with Crippen LogP contribution in [0, 0.1) is 12.7 Å². The van der Waals surface area contributed by atoms with Gasteiger partial charge in [-0.05, 0) is 37.5 Å². The van der Waals surface area contributed by atoms with Crippen LogP contribution < -0.4 is 5.73 Å². The summed E-state index contributed by atoms with van der Waals surface area (Å²) in [6, 6.07) is 5.30. The van der Waals surface area contributed by atoms with E-state index in [1.165, 1.54) is 6.07 Å². The van der Waals surface area contributed by atoms with E-state index in [-0.39, 0.29) is 11.9 Å². The van der Waals surface area contributed by atoms with Crippen LogP contribution in [0.4, 0.5) is 4.39 Å². The highest BCUT2D eigenvalue weighted by molar-refractivity contribution is 5.69. The molecule has 0 saturated carbocycles. The SMILES string of the molecule is Cc1ccc(F)c(C2=CC(N)CC2)c1. The van der Waals surface area contributed by atoms with Crippen LogP contribution in [0.1, 0.15) is 24.0 Å². The van der Waals surface area contributed by atoms with Gasteiger partial charge in [-0.2, -0.15) is 0 Å². The fraction of sp³-hybridized carbons (Fsp3) is 0.333. The lowest BCUT2D eigenvalue weighted by Crippen LogP contribution is -2.11. The summed E-state index contributed by atoms with van der Waals surface area (Å²) >= 11 is 0. The Morgan fingerprint density at radius 2 is 2.21 bits per heavy atom. The van der Waals surface area contributed by atoms with Gasteiger partial charge in [-0.1, -0.05) is 17.7 Å². The average molecular weight is 191 g/mol. The third-order valence-electron chi connectivity index (χ3n) is 2.63. The monoisotopic (exact) mass is 191 g/mol. The van der Waals surface area contributed by atoms with Crippen molar-refractivity contribution >= 4 is 5.57 Å². The Morgan fingerprint density at radius 1 is 1.43 bits per heavy atom. The molecule has 1 atom stereocenters. The normalized spacial score (nSPS) is 21.1. The number of rotatable bonds is 1. The maximum Gasteiger partial charge on any atom is 0.130 e. The van der Waals surface area contributed by atoms with E-state index in [0.29, 0.717) is 0 Å². The molecular formula is C12H14FN. The molecule has 74 valence electrons. The van der Waals surface area contributed by atoms with Crippen LogP contribution in [0.15, 0.2) is 24.3 Å². The first-order chi connectivity index (χ1) is 6.66. The molecule has 0 amide bonds. The minimum absolute atomic E-state index is 0.102. The number of halogens is 1. The Kier molecular flexibility index (Phi) is 2.38. The predicted octanol–water partition coefficient (Wildman–Crippen LogP) is 2.64. The molecule has 1 aliphatic rings. The predicted molar refractivity (Wildman–Crippen MR) is 56.3 cm³/mol. The molecule has 2 rings (SSSR count). The second-order valence-corrected chi connectivity index (χ2v) is 3.88. The summed E-state index contributed by atoms with van der Waals surface area (Å²) in [4.78, 5) is 0. The van der Waals surface area contributed by atoms with E-state index in [1.54, 1.807) is 6.07 Å². The summed E-state index contributed by atoms with van der Waals surface area (Å²) in [5, 5.41) is 0. The lowest BCUT2D eigenvalue weighted by molar-refractivity contribution is 0.622. The molecule has 2 N–H and O–H groups in total. The van der Waals surface area contributed by atoms with E-state index >= 15 is 0 Å². The van der Waals surface area contributed by atoms with Gasteiger partial charge in [0.2, 0.25) is 0 Å². The standard InChI is InChI=1S/C12H14FN/c1-8-2-5-12(13)11(6-8)9-3-4-10(14)7-9/h2,5-7,10H,3-4,14H2,1H3. The summed E-state index contributed by atoms with van der Waals surface area (Å²) in [6.07, 6.45) is 3.79. The zero-order valence-electron chi connectivity index (χ0n) is 8.26. The maximum absolute atomic E-state index is 13.5. The summed E-state index contributed by atoms with van der Waals surface area (Å²) in [5.41, 5.74) is 8.61. The summed E-state index contributed by atoms with van der Waals surface area (Å²) in [5.74, 6) is -0.143. The molecule has 1 aromatic carbocycles. The Bertz CT molecular complexity index is 382. The van der Waals surface area contributed by atoms with Gasteiger partial charge < -0.3 is 5.73 Å². The van der Waals surface area contributed by atoms with Crippen molar-refractivity contribution in [2.45, 2.75) is 25.8 Å². The van der Waals surface area contributed by atoms with Gasteiger partial charge in [0.15, 0.2) is 0 Å². The van der Waals surface area contributed by atoms with Gasteiger partial charge in [0, 0.05) is 11.6 Å². The van der Waals surface area contributed by atoms with E-state index < -0.39 is 0 Å². The van der Waals surface area contributed by atoms with Crippen molar-refractivity contribution in [3.05, 3.63) is 41.2 Å². The maximum atomic E-state index is 13.5.